The second kappa shape index (κ2) is 8.90. The fraction of sp³-hybridized carbons (Fsp3) is 0.645. The van der Waals surface area contributed by atoms with Crippen molar-refractivity contribution in [2.24, 2.45) is 22.7 Å². The Hall–Kier alpha value is -2.71. The number of fused-ring (bicyclic) bond motifs is 5. The van der Waals surface area contributed by atoms with Crippen LogP contribution in [0.3, 0.4) is 0 Å². The van der Waals surface area contributed by atoms with Gasteiger partial charge in [-0.1, -0.05) is 13.8 Å². The lowest BCUT2D eigenvalue weighted by Gasteiger charge is -2.61. The maximum absolute atomic E-state index is 14.2. The number of rotatable bonds is 5. The molecule has 8 nitrogen and oxygen atoms in total. The molecule has 0 aromatic heterocycles. The number of phenolic OH excluding ortho intramolecular Hbond substituents is 2. The minimum Gasteiger partial charge on any atom is -0.504 e. The van der Waals surface area contributed by atoms with Crippen LogP contribution in [0.4, 0.5) is 0 Å². The topological polar surface area (TPSA) is 141 Å². The van der Waals surface area contributed by atoms with Crippen LogP contribution in [0.15, 0.2) is 18.2 Å². The minimum atomic E-state index is -1.99. The number of carbonyl (C=O) groups is 3. The van der Waals surface area contributed by atoms with Gasteiger partial charge in [0.1, 0.15) is 17.0 Å². The number of ketones is 2. The molecule has 1 aromatic rings. The van der Waals surface area contributed by atoms with Gasteiger partial charge in [-0.05, 0) is 106 Å². The Morgan fingerprint density at radius 2 is 1.74 bits per heavy atom. The van der Waals surface area contributed by atoms with Crippen molar-refractivity contribution in [1.29, 1.82) is 0 Å². The monoisotopic (exact) mass is 542 g/mol. The fourth-order valence-electron chi connectivity index (χ4n) is 8.61. The standard InChI is InChI=1S/C31H42O8/c1-16-18-9-10-22-28(5)14-21(34)26(31(8,38)23(35)11-12-27(3,4)39-17(2)32)29(28,6)15-24(36)30(22,7)19(18)13-20(33)25(16)37/h11-13,21-22,26,33-34,37-38H,9-10,14-15H2,1-8H3/b12-11+/t21-,22?,26?,28+,29?,30?,31+/m1/s1. The van der Waals surface area contributed by atoms with Crippen LogP contribution in [-0.2, 0) is 31.0 Å². The number of carbonyl (C=O) groups excluding carboxylic acids is 3. The predicted molar refractivity (Wildman–Crippen MR) is 144 cm³/mol. The van der Waals surface area contributed by atoms with Gasteiger partial charge in [-0.2, -0.15) is 0 Å². The number of esters is 1. The highest BCUT2D eigenvalue weighted by Gasteiger charge is 2.73. The first-order valence-corrected chi connectivity index (χ1v) is 13.7. The lowest BCUT2D eigenvalue weighted by Crippen LogP contribution is -2.63. The van der Waals surface area contributed by atoms with Gasteiger partial charge in [0.05, 0.1) is 11.5 Å². The van der Waals surface area contributed by atoms with Crippen molar-refractivity contribution in [1.82, 2.24) is 0 Å². The third kappa shape index (κ3) is 4.05. The molecule has 0 aliphatic heterocycles. The van der Waals surface area contributed by atoms with Gasteiger partial charge in [-0.25, -0.2) is 0 Å². The molecule has 0 amide bonds. The van der Waals surface area contributed by atoms with Gasteiger partial charge in [-0.3, -0.25) is 14.4 Å². The van der Waals surface area contributed by atoms with Crippen LogP contribution < -0.4 is 0 Å². The van der Waals surface area contributed by atoms with E-state index >= 15 is 0 Å². The van der Waals surface area contributed by atoms with E-state index in [0.717, 1.165) is 5.56 Å². The third-order valence-electron chi connectivity index (χ3n) is 10.6. The number of hydrogen-bond donors (Lipinski definition) is 4. The van der Waals surface area contributed by atoms with Gasteiger partial charge < -0.3 is 25.2 Å². The molecule has 3 aliphatic carbocycles. The lowest BCUT2D eigenvalue weighted by atomic mass is 9.41. The Bertz CT molecular complexity index is 1280. The molecule has 3 aliphatic rings. The molecule has 7 atom stereocenters. The quantitative estimate of drug-likeness (QED) is 0.250. The Morgan fingerprint density at radius 3 is 2.33 bits per heavy atom. The molecule has 0 bridgehead atoms. The van der Waals surface area contributed by atoms with E-state index in [0.29, 0.717) is 30.4 Å². The smallest absolute Gasteiger partial charge is 0.303 e. The summed E-state index contributed by atoms with van der Waals surface area (Å²) in [5.41, 5.74) is -3.41. The molecule has 2 saturated carbocycles. The summed E-state index contributed by atoms with van der Waals surface area (Å²) in [4.78, 5) is 39.0. The summed E-state index contributed by atoms with van der Waals surface area (Å²) < 4.78 is 5.22. The number of phenols is 2. The molecular formula is C31H42O8. The molecule has 0 radical (unpaired) electrons. The zero-order valence-corrected chi connectivity index (χ0v) is 24.2. The fourth-order valence-corrected chi connectivity index (χ4v) is 8.61. The van der Waals surface area contributed by atoms with Gasteiger partial charge in [0.25, 0.3) is 0 Å². The highest BCUT2D eigenvalue weighted by atomic mass is 16.6. The van der Waals surface area contributed by atoms with Gasteiger partial charge in [-0.15, -0.1) is 0 Å². The predicted octanol–water partition coefficient (Wildman–Crippen LogP) is 3.81. The average molecular weight is 543 g/mol. The summed E-state index contributed by atoms with van der Waals surface area (Å²) in [7, 11) is 0. The van der Waals surface area contributed by atoms with Crippen molar-refractivity contribution in [2.45, 2.75) is 104 Å². The summed E-state index contributed by atoms with van der Waals surface area (Å²) in [6.07, 6.45) is 3.12. The van der Waals surface area contributed by atoms with Gasteiger partial charge in [0, 0.05) is 19.3 Å². The highest BCUT2D eigenvalue weighted by molar-refractivity contribution is 5.98. The number of aliphatic hydroxyl groups excluding tert-OH is 1. The average Bonchev–Trinajstić information content (AvgIpc) is 3.00. The zero-order chi connectivity index (χ0) is 29.5. The molecule has 0 spiro atoms. The molecule has 39 heavy (non-hydrogen) atoms. The summed E-state index contributed by atoms with van der Waals surface area (Å²) in [6.45, 7) is 13.5. The van der Waals surface area contributed by atoms with E-state index in [2.05, 4.69) is 0 Å². The first-order chi connectivity index (χ1) is 17.7. The van der Waals surface area contributed by atoms with Crippen molar-refractivity contribution in [2.75, 3.05) is 0 Å². The Balaban J connectivity index is 1.76. The van der Waals surface area contributed by atoms with Gasteiger partial charge in [0.2, 0.25) is 0 Å². The van der Waals surface area contributed by atoms with Crippen LogP contribution in [0.25, 0.3) is 0 Å². The number of Topliss-reactive ketones (excluding diaryl/α,β-unsaturated/α-hetero) is 1. The minimum absolute atomic E-state index is 0.0322. The van der Waals surface area contributed by atoms with E-state index < -0.39 is 51.2 Å². The van der Waals surface area contributed by atoms with Crippen LogP contribution in [0.2, 0.25) is 0 Å². The normalized spacial score (nSPS) is 35.6. The third-order valence-corrected chi connectivity index (χ3v) is 10.6. The van der Waals surface area contributed by atoms with Crippen LogP contribution >= 0.6 is 0 Å². The number of benzene rings is 1. The molecule has 8 heteroatoms. The molecule has 4 rings (SSSR count). The van der Waals surface area contributed by atoms with Crippen LogP contribution in [0.5, 0.6) is 11.5 Å². The molecule has 4 unspecified atom stereocenters. The van der Waals surface area contributed by atoms with E-state index in [4.69, 9.17) is 4.74 Å². The number of aromatic hydroxyl groups is 2. The SMILES string of the molecule is CC(=O)OC(C)(C)/C=C/C(=O)[C@](C)(O)C1[C@H](O)C[C@@]2(C)C3CCc4c(cc(O)c(O)c4C)C3(C)C(=O)CC12C. The van der Waals surface area contributed by atoms with Crippen molar-refractivity contribution in [3.05, 3.63) is 34.9 Å². The van der Waals surface area contributed by atoms with Crippen LogP contribution in [-0.4, -0.2) is 55.3 Å². The number of aliphatic hydroxyl groups is 2. The van der Waals surface area contributed by atoms with E-state index in [1.54, 1.807) is 20.8 Å². The lowest BCUT2D eigenvalue weighted by molar-refractivity contribution is -0.168. The second-order valence-corrected chi connectivity index (χ2v) is 13.4. The van der Waals surface area contributed by atoms with Gasteiger partial charge in [0.15, 0.2) is 17.3 Å². The first kappa shape index (κ1) is 29.3. The zero-order valence-electron chi connectivity index (χ0n) is 24.2. The first-order valence-electron chi connectivity index (χ1n) is 13.7. The molecular weight excluding hydrogens is 500 g/mol. The molecule has 0 saturated heterocycles. The summed E-state index contributed by atoms with van der Waals surface area (Å²) >= 11 is 0. The summed E-state index contributed by atoms with van der Waals surface area (Å²) in [6, 6.07) is 1.51. The Kier molecular flexibility index (Phi) is 6.68. The maximum Gasteiger partial charge on any atom is 0.303 e. The molecule has 1 aromatic carbocycles. The van der Waals surface area contributed by atoms with Crippen molar-refractivity contribution < 1.29 is 39.5 Å². The summed E-state index contributed by atoms with van der Waals surface area (Å²) in [5.74, 6) is -2.80. The van der Waals surface area contributed by atoms with E-state index in [9.17, 15) is 34.8 Å². The van der Waals surface area contributed by atoms with Crippen molar-refractivity contribution in [3.63, 3.8) is 0 Å². The molecule has 0 heterocycles. The Labute approximate surface area is 230 Å². The van der Waals surface area contributed by atoms with Crippen LogP contribution in [0, 0.1) is 29.6 Å². The van der Waals surface area contributed by atoms with Crippen LogP contribution in [0.1, 0.15) is 84.4 Å². The molecule has 2 fully saturated rings. The maximum atomic E-state index is 14.2. The summed E-state index contributed by atoms with van der Waals surface area (Å²) in [5, 5.41) is 44.0. The highest BCUT2D eigenvalue weighted by Crippen LogP contribution is 2.72. The second-order valence-electron chi connectivity index (χ2n) is 13.4. The van der Waals surface area contributed by atoms with E-state index in [1.807, 2.05) is 20.8 Å². The van der Waals surface area contributed by atoms with E-state index in [1.165, 1.54) is 32.1 Å². The van der Waals surface area contributed by atoms with Crippen molar-refractivity contribution >= 4 is 17.5 Å². The number of hydrogen-bond acceptors (Lipinski definition) is 8. The van der Waals surface area contributed by atoms with E-state index in [-0.39, 0.29) is 29.6 Å². The Morgan fingerprint density at radius 1 is 1.13 bits per heavy atom. The largest absolute Gasteiger partial charge is 0.504 e. The van der Waals surface area contributed by atoms with Crippen molar-refractivity contribution in [3.8, 4) is 11.5 Å². The number of ether oxygens (including phenoxy) is 1. The molecule has 214 valence electrons. The van der Waals surface area contributed by atoms with Gasteiger partial charge >= 0.3 is 5.97 Å². The molecule has 4 N–H and O–H groups in total.